The first-order chi connectivity index (χ1) is 9.83. The van der Waals surface area contributed by atoms with Gasteiger partial charge in [0.2, 0.25) is 5.91 Å². The number of carbonyl (C=O) groups is 2. The molecule has 0 spiro atoms. The van der Waals surface area contributed by atoms with Crippen molar-refractivity contribution >= 4 is 11.8 Å². The van der Waals surface area contributed by atoms with Gasteiger partial charge in [-0.05, 0) is 43.4 Å². The van der Waals surface area contributed by atoms with Crippen LogP contribution in [0, 0.1) is 13.8 Å². The van der Waals surface area contributed by atoms with Gasteiger partial charge in [-0.3, -0.25) is 9.59 Å². The molecule has 1 saturated heterocycles. The Balaban J connectivity index is 2.12. The minimum absolute atomic E-state index is 0.00784. The quantitative estimate of drug-likeness (QED) is 0.859. The second kappa shape index (κ2) is 5.85. The lowest BCUT2D eigenvalue weighted by molar-refractivity contribution is -0.148. The number of primary amides is 1. The summed E-state index contributed by atoms with van der Waals surface area (Å²) in [6.07, 6.45) is 1.18. The van der Waals surface area contributed by atoms with Crippen molar-refractivity contribution in [1.29, 1.82) is 0 Å². The number of piperidine rings is 1. The Morgan fingerprint density at radius 2 is 1.95 bits per heavy atom. The number of rotatable bonds is 3. The van der Waals surface area contributed by atoms with E-state index in [1.165, 1.54) is 0 Å². The van der Waals surface area contributed by atoms with Gasteiger partial charge in [-0.1, -0.05) is 18.2 Å². The molecule has 1 aliphatic rings. The highest BCUT2D eigenvalue weighted by Gasteiger charge is 2.40. The van der Waals surface area contributed by atoms with Crippen LogP contribution in [-0.4, -0.2) is 40.5 Å². The predicted octanol–water partition coefficient (Wildman–Crippen LogP) is 0.685. The molecular formula is C16H22N2O3. The topological polar surface area (TPSA) is 83.6 Å². The van der Waals surface area contributed by atoms with Crippen LogP contribution in [0.3, 0.4) is 0 Å². The zero-order valence-electron chi connectivity index (χ0n) is 12.6. The van der Waals surface area contributed by atoms with Crippen molar-refractivity contribution in [2.24, 2.45) is 5.73 Å². The maximum atomic E-state index is 12.4. The zero-order valence-corrected chi connectivity index (χ0v) is 12.6. The third kappa shape index (κ3) is 3.24. The van der Waals surface area contributed by atoms with Crippen LogP contribution >= 0.6 is 0 Å². The summed E-state index contributed by atoms with van der Waals surface area (Å²) in [6, 6.07) is 5.92. The second-order valence-corrected chi connectivity index (χ2v) is 5.86. The highest BCUT2D eigenvalue weighted by molar-refractivity contribution is 5.85. The molecule has 0 saturated carbocycles. The van der Waals surface area contributed by atoms with Crippen LogP contribution < -0.4 is 5.73 Å². The van der Waals surface area contributed by atoms with Gasteiger partial charge in [-0.2, -0.15) is 0 Å². The summed E-state index contributed by atoms with van der Waals surface area (Å²) in [6.45, 7) is 4.50. The van der Waals surface area contributed by atoms with Gasteiger partial charge in [0.25, 0.3) is 5.91 Å². The maximum absolute atomic E-state index is 12.4. The van der Waals surface area contributed by atoms with E-state index >= 15 is 0 Å². The van der Waals surface area contributed by atoms with E-state index < -0.39 is 11.5 Å². The number of nitrogens with two attached hydrogens (primary N) is 1. The van der Waals surface area contributed by atoms with Crippen molar-refractivity contribution in [3.05, 3.63) is 34.9 Å². The molecule has 3 N–H and O–H groups in total. The number of amides is 2. The number of likely N-dealkylation sites (tertiary alicyclic amines) is 1. The van der Waals surface area contributed by atoms with Gasteiger partial charge in [-0.25, -0.2) is 0 Å². The molecular weight excluding hydrogens is 268 g/mol. The molecule has 21 heavy (non-hydrogen) atoms. The molecule has 5 heteroatoms. The summed E-state index contributed by atoms with van der Waals surface area (Å²) in [5.41, 5.74) is 6.81. The van der Waals surface area contributed by atoms with Crippen LogP contribution in [0.25, 0.3) is 0 Å². The standard InChI is InChI=1S/C16H22N2O3/c1-11-5-3-6-12(2)13(11)9-14(19)18-8-4-7-16(21,10-18)15(17)20/h3,5-6,21H,4,7-10H2,1-2H3,(H2,17,20). The molecule has 1 aliphatic heterocycles. The molecule has 0 bridgehead atoms. The summed E-state index contributed by atoms with van der Waals surface area (Å²) >= 11 is 0. The molecule has 1 aromatic rings. The molecule has 2 rings (SSSR count). The number of β-amino-alcohol motifs (C(OH)–C–C–N with tert-alkyl or cyclic N) is 1. The van der Waals surface area contributed by atoms with Crippen LogP contribution in [0.4, 0.5) is 0 Å². The van der Waals surface area contributed by atoms with E-state index in [1.54, 1.807) is 4.90 Å². The summed E-state index contributed by atoms with van der Waals surface area (Å²) in [7, 11) is 0. The van der Waals surface area contributed by atoms with Gasteiger partial charge >= 0.3 is 0 Å². The number of aliphatic hydroxyl groups is 1. The third-order valence-corrected chi connectivity index (χ3v) is 4.25. The number of aryl methyl sites for hydroxylation is 2. The fourth-order valence-corrected chi connectivity index (χ4v) is 2.84. The SMILES string of the molecule is Cc1cccc(C)c1CC(=O)N1CCCC(O)(C(N)=O)C1. The largest absolute Gasteiger partial charge is 0.378 e. The van der Waals surface area contributed by atoms with E-state index in [1.807, 2.05) is 32.0 Å². The molecule has 5 nitrogen and oxygen atoms in total. The molecule has 1 atom stereocenters. The molecule has 1 unspecified atom stereocenters. The smallest absolute Gasteiger partial charge is 0.251 e. The number of hydrogen-bond acceptors (Lipinski definition) is 3. The van der Waals surface area contributed by atoms with E-state index in [-0.39, 0.29) is 18.9 Å². The zero-order chi connectivity index (χ0) is 15.6. The van der Waals surface area contributed by atoms with Gasteiger partial charge in [0, 0.05) is 6.54 Å². The Labute approximate surface area is 124 Å². The molecule has 2 amide bonds. The fourth-order valence-electron chi connectivity index (χ4n) is 2.84. The first-order valence-electron chi connectivity index (χ1n) is 7.18. The highest BCUT2D eigenvalue weighted by Crippen LogP contribution is 2.22. The molecule has 114 valence electrons. The summed E-state index contributed by atoms with van der Waals surface area (Å²) in [5, 5.41) is 10.2. The van der Waals surface area contributed by atoms with Crippen molar-refractivity contribution in [1.82, 2.24) is 4.90 Å². The Bertz CT molecular complexity index is 550. The number of hydrogen-bond donors (Lipinski definition) is 2. The number of benzene rings is 1. The molecule has 1 heterocycles. The molecule has 0 aliphatic carbocycles. The Morgan fingerprint density at radius 1 is 1.33 bits per heavy atom. The van der Waals surface area contributed by atoms with E-state index in [4.69, 9.17) is 5.73 Å². The van der Waals surface area contributed by atoms with Gasteiger partial charge in [0.15, 0.2) is 5.60 Å². The van der Waals surface area contributed by atoms with Crippen molar-refractivity contribution < 1.29 is 14.7 Å². The first kappa shape index (κ1) is 15.5. The number of nitrogens with zero attached hydrogens (tertiary/aromatic N) is 1. The lowest BCUT2D eigenvalue weighted by Crippen LogP contribution is -2.57. The van der Waals surface area contributed by atoms with Gasteiger partial charge in [0.05, 0.1) is 13.0 Å². The second-order valence-electron chi connectivity index (χ2n) is 5.86. The minimum atomic E-state index is -1.59. The van der Waals surface area contributed by atoms with Crippen LogP contribution in [0.2, 0.25) is 0 Å². The minimum Gasteiger partial charge on any atom is -0.378 e. The average Bonchev–Trinajstić information content (AvgIpc) is 2.43. The van der Waals surface area contributed by atoms with E-state index in [2.05, 4.69) is 0 Å². The summed E-state index contributed by atoms with van der Waals surface area (Å²) in [5.74, 6) is -0.834. The van der Waals surface area contributed by atoms with Crippen LogP contribution in [0.1, 0.15) is 29.5 Å². The summed E-state index contributed by atoms with van der Waals surface area (Å²) < 4.78 is 0. The summed E-state index contributed by atoms with van der Waals surface area (Å²) in [4.78, 5) is 25.3. The van der Waals surface area contributed by atoms with Crippen molar-refractivity contribution in [3.8, 4) is 0 Å². The van der Waals surface area contributed by atoms with Crippen molar-refractivity contribution in [2.75, 3.05) is 13.1 Å². The average molecular weight is 290 g/mol. The molecule has 0 radical (unpaired) electrons. The van der Waals surface area contributed by atoms with Crippen LogP contribution in [0.5, 0.6) is 0 Å². The van der Waals surface area contributed by atoms with E-state index in [9.17, 15) is 14.7 Å². The van der Waals surface area contributed by atoms with Crippen molar-refractivity contribution in [3.63, 3.8) is 0 Å². The van der Waals surface area contributed by atoms with Gasteiger partial charge in [0.1, 0.15) is 0 Å². The van der Waals surface area contributed by atoms with Crippen LogP contribution in [0.15, 0.2) is 18.2 Å². The van der Waals surface area contributed by atoms with Gasteiger partial charge in [-0.15, -0.1) is 0 Å². The number of carbonyl (C=O) groups excluding carboxylic acids is 2. The Hall–Kier alpha value is -1.88. The Morgan fingerprint density at radius 3 is 2.52 bits per heavy atom. The van der Waals surface area contributed by atoms with E-state index in [0.717, 1.165) is 16.7 Å². The van der Waals surface area contributed by atoms with Crippen LogP contribution in [-0.2, 0) is 16.0 Å². The molecule has 1 aromatic carbocycles. The third-order valence-electron chi connectivity index (χ3n) is 4.25. The lowest BCUT2D eigenvalue weighted by atomic mass is 9.91. The monoisotopic (exact) mass is 290 g/mol. The first-order valence-corrected chi connectivity index (χ1v) is 7.18. The molecule has 1 fully saturated rings. The predicted molar refractivity (Wildman–Crippen MR) is 79.6 cm³/mol. The molecule has 0 aromatic heterocycles. The Kier molecular flexibility index (Phi) is 4.32. The normalized spacial score (nSPS) is 22.1. The highest BCUT2D eigenvalue weighted by atomic mass is 16.3. The van der Waals surface area contributed by atoms with E-state index in [0.29, 0.717) is 19.4 Å². The fraction of sp³-hybridized carbons (Fsp3) is 0.500. The van der Waals surface area contributed by atoms with Gasteiger partial charge < -0.3 is 15.7 Å². The maximum Gasteiger partial charge on any atom is 0.251 e. The van der Waals surface area contributed by atoms with Crippen molar-refractivity contribution in [2.45, 2.75) is 38.7 Å². The lowest BCUT2D eigenvalue weighted by Gasteiger charge is -2.37.